The number of aromatic nitrogens is 1. The number of nitrogens with zero attached hydrogens (tertiary/aromatic N) is 1. The van der Waals surface area contributed by atoms with Crippen LogP contribution in [0.1, 0.15) is 12.6 Å². The molecule has 2 rings (SSSR count). The maximum absolute atomic E-state index is 11.8. The highest BCUT2D eigenvalue weighted by Gasteiger charge is 2.22. The van der Waals surface area contributed by atoms with Gasteiger partial charge in [-0.05, 0) is 12.0 Å². The van der Waals surface area contributed by atoms with E-state index in [0.717, 1.165) is 0 Å². The number of hydrogen-bond donors (Lipinski definition) is 1. The molecule has 1 aromatic heterocycles. The summed E-state index contributed by atoms with van der Waals surface area (Å²) < 4.78 is 23.7. The Morgan fingerprint density at radius 2 is 1.89 bits per heavy atom. The molecule has 0 aliphatic carbocycles. The van der Waals surface area contributed by atoms with Crippen molar-refractivity contribution < 1.29 is 8.42 Å². The molecule has 0 atom stereocenters. The monoisotopic (exact) mass is 296 g/mol. The topological polar surface area (TPSA) is 73.0 Å². The normalized spacial score (nSPS) is 11.5. The minimum Gasteiger partial charge on any atom is -0.258 e. The first-order valence-electron chi connectivity index (χ1n) is 5.70. The lowest BCUT2D eigenvalue weighted by Gasteiger charge is -2.13. The Morgan fingerprint density at radius 1 is 1.26 bits per heavy atom. The number of primary sulfonamides is 1. The summed E-state index contributed by atoms with van der Waals surface area (Å²) in [5.41, 5.74) is 1.54. The molecule has 2 N–H and O–H groups in total. The van der Waals surface area contributed by atoms with E-state index in [2.05, 4.69) is 4.98 Å². The van der Waals surface area contributed by atoms with Crippen molar-refractivity contribution in [2.75, 3.05) is 0 Å². The average molecular weight is 297 g/mol. The maximum atomic E-state index is 11.8. The number of benzene rings is 1. The third kappa shape index (κ3) is 2.78. The zero-order chi connectivity index (χ0) is 14.0. The number of nitrogens with two attached hydrogens (primary N) is 1. The van der Waals surface area contributed by atoms with E-state index in [0.29, 0.717) is 23.2 Å². The second-order valence-corrected chi connectivity index (χ2v) is 5.93. The van der Waals surface area contributed by atoms with Crippen molar-refractivity contribution in [1.29, 1.82) is 0 Å². The summed E-state index contributed by atoms with van der Waals surface area (Å²) in [5.74, 6) is 0. The molecule has 6 heteroatoms. The molecule has 0 fully saturated rings. The van der Waals surface area contributed by atoms with Crippen LogP contribution in [-0.2, 0) is 16.4 Å². The van der Waals surface area contributed by atoms with E-state index in [9.17, 15) is 8.42 Å². The fourth-order valence-electron chi connectivity index (χ4n) is 1.94. The van der Waals surface area contributed by atoms with Gasteiger partial charge in [-0.25, -0.2) is 13.6 Å². The molecule has 100 valence electrons. The number of hydrogen-bond acceptors (Lipinski definition) is 3. The van der Waals surface area contributed by atoms with E-state index < -0.39 is 10.0 Å². The Kier molecular flexibility index (Phi) is 3.89. The van der Waals surface area contributed by atoms with Crippen LogP contribution in [0.25, 0.3) is 11.1 Å². The van der Waals surface area contributed by atoms with Gasteiger partial charge in [0.05, 0.1) is 10.7 Å². The molecule has 0 aliphatic rings. The quantitative estimate of drug-likeness (QED) is 0.946. The molecule has 0 aliphatic heterocycles. The molecule has 0 saturated heterocycles. The first-order chi connectivity index (χ1) is 8.95. The summed E-state index contributed by atoms with van der Waals surface area (Å²) in [6.07, 6.45) is 1.92. The molecule has 0 saturated carbocycles. The van der Waals surface area contributed by atoms with Crippen LogP contribution in [0.5, 0.6) is 0 Å². The van der Waals surface area contributed by atoms with E-state index in [1.165, 1.54) is 6.20 Å². The van der Waals surface area contributed by atoms with Crippen molar-refractivity contribution in [3.63, 3.8) is 0 Å². The standard InChI is InChI=1S/C13H13ClN2O2S/c1-2-11-13(19(15,17)18)12(10(14)8-16-11)9-6-4-3-5-7-9/h3-8H,2H2,1H3,(H2,15,17,18). The van der Waals surface area contributed by atoms with Gasteiger partial charge in [-0.3, -0.25) is 4.98 Å². The molecule has 0 radical (unpaired) electrons. The van der Waals surface area contributed by atoms with Gasteiger partial charge in [0.15, 0.2) is 0 Å². The Labute approximate surface area is 117 Å². The van der Waals surface area contributed by atoms with E-state index >= 15 is 0 Å². The van der Waals surface area contributed by atoms with Gasteiger partial charge in [0, 0.05) is 11.8 Å². The van der Waals surface area contributed by atoms with Gasteiger partial charge in [-0.15, -0.1) is 0 Å². The van der Waals surface area contributed by atoms with Gasteiger partial charge >= 0.3 is 0 Å². The molecule has 0 amide bonds. The van der Waals surface area contributed by atoms with Crippen molar-refractivity contribution in [1.82, 2.24) is 4.98 Å². The summed E-state index contributed by atoms with van der Waals surface area (Å²) in [6.45, 7) is 1.82. The van der Waals surface area contributed by atoms with E-state index in [-0.39, 0.29) is 9.92 Å². The van der Waals surface area contributed by atoms with Crippen molar-refractivity contribution in [3.8, 4) is 11.1 Å². The predicted octanol–water partition coefficient (Wildman–Crippen LogP) is 2.61. The number of halogens is 1. The number of aryl methyl sites for hydroxylation is 1. The van der Waals surface area contributed by atoms with Crippen molar-refractivity contribution in [3.05, 3.63) is 47.2 Å². The van der Waals surface area contributed by atoms with Crippen LogP contribution in [0.2, 0.25) is 5.02 Å². The summed E-state index contributed by atoms with van der Waals surface area (Å²) in [5, 5.41) is 5.58. The molecule has 0 spiro atoms. The Balaban J connectivity index is 2.87. The van der Waals surface area contributed by atoms with Gasteiger partial charge in [0.2, 0.25) is 10.0 Å². The van der Waals surface area contributed by atoms with Gasteiger partial charge < -0.3 is 0 Å². The lowest BCUT2D eigenvalue weighted by Crippen LogP contribution is -2.17. The van der Waals surface area contributed by atoms with Crippen molar-refractivity contribution in [2.24, 2.45) is 5.14 Å². The molecule has 1 aromatic carbocycles. The van der Waals surface area contributed by atoms with Gasteiger partial charge in [-0.2, -0.15) is 0 Å². The third-order valence-electron chi connectivity index (χ3n) is 2.74. The molecular weight excluding hydrogens is 284 g/mol. The molecule has 0 unspecified atom stereocenters. The smallest absolute Gasteiger partial charge is 0.240 e. The first-order valence-corrected chi connectivity index (χ1v) is 7.63. The molecule has 0 bridgehead atoms. The SMILES string of the molecule is CCc1ncc(Cl)c(-c2ccccc2)c1S(N)(=O)=O. The average Bonchev–Trinajstić information content (AvgIpc) is 2.38. The Hall–Kier alpha value is -1.43. The number of pyridine rings is 1. The summed E-state index contributed by atoms with van der Waals surface area (Å²) in [6, 6.07) is 9.04. The number of rotatable bonds is 3. The molecule has 1 heterocycles. The highest BCUT2D eigenvalue weighted by molar-refractivity contribution is 7.89. The maximum Gasteiger partial charge on any atom is 0.240 e. The largest absolute Gasteiger partial charge is 0.258 e. The van der Waals surface area contributed by atoms with Crippen LogP contribution < -0.4 is 5.14 Å². The van der Waals surface area contributed by atoms with Crippen molar-refractivity contribution >= 4 is 21.6 Å². The number of sulfonamides is 1. The van der Waals surface area contributed by atoms with Crippen LogP contribution in [-0.4, -0.2) is 13.4 Å². The fourth-order valence-corrected chi connectivity index (χ4v) is 3.29. The summed E-state index contributed by atoms with van der Waals surface area (Å²) >= 11 is 6.12. The predicted molar refractivity (Wildman–Crippen MR) is 75.4 cm³/mol. The van der Waals surface area contributed by atoms with Crippen LogP contribution in [0.3, 0.4) is 0 Å². The first kappa shape index (κ1) is 14.0. The lowest BCUT2D eigenvalue weighted by molar-refractivity contribution is 0.596. The molecule has 4 nitrogen and oxygen atoms in total. The zero-order valence-corrected chi connectivity index (χ0v) is 11.9. The van der Waals surface area contributed by atoms with Crippen LogP contribution in [0.15, 0.2) is 41.4 Å². The molecule has 19 heavy (non-hydrogen) atoms. The molecule has 2 aromatic rings. The fraction of sp³-hybridized carbons (Fsp3) is 0.154. The second-order valence-electron chi connectivity index (χ2n) is 4.02. The summed E-state index contributed by atoms with van der Waals surface area (Å²) in [7, 11) is -3.89. The minimum absolute atomic E-state index is 0.00806. The second kappa shape index (κ2) is 5.28. The Bertz CT molecular complexity index is 700. The molecular formula is C13H13ClN2O2S. The highest BCUT2D eigenvalue weighted by Crippen LogP contribution is 2.34. The van der Waals surface area contributed by atoms with Gasteiger partial charge in [0.1, 0.15) is 4.90 Å². The van der Waals surface area contributed by atoms with Gasteiger partial charge in [0.25, 0.3) is 0 Å². The zero-order valence-electron chi connectivity index (χ0n) is 10.3. The van der Waals surface area contributed by atoms with Crippen LogP contribution in [0, 0.1) is 0 Å². The van der Waals surface area contributed by atoms with Gasteiger partial charge in [-0.1, -0.05) is 48.9 Å². The van der Waals surface area contributed by atoms with Crippen molar-refractivity contribution in [2.45, 2.75) is 18.2 Å². The lowest BCUT2D eigenvalue weighted by atomic mass is 10.1. The van der Waals surface area contributed by atoms with E-state index in [4.69, 9.17) is 16.7 Å². The minimum atomic E-state index is -3.89. The van der Waals surface area contributed by atoms with Crippen LogP contribution >= 0.6 is 11.6 Å². The van der Waals surface area contributed by atoms with Crippen LogP contribution in [0.4, 0.5) is 0 Å². The van der Waals surface area contributed by atoms with E-state index in [1.54, 1.807) is 12.1 Å². The Morgan fingerprint density at radius 3 is 2.42 bits per heavy atom. The summed E-state index contributed by atoms with van der Waals surface area (Å²) in [4.78, 5) is 4.07. The highest BCUT2D eigenvalue weighted by atomic mass is 35.5. The van der Waals surface area contributed by atoms with E-state index in [1.807, 2.05) is 25.1 Å². The third-order valence-corrected chi connectivity index (χ3v) is 4.04.